The largest absolute Gasteiger partial charge is 0.474 e. The van der Waals surface area contributed by atoms with Crippen LogP contribution in [0.5, 0.6) is 5.88 Å². The summed E-state index contributed by atoms with van der Waals surface area (Å²) in [4.78, 5) is 27.7. The summed E-state index contributed by atoms with van der Waals surface area (Å²) in [6, 6.07) is 3.35. The highest BCUT2D eigenvalue weighted by atomic mass is 35.5. The molecular weight excluding hydrogens is 446 g/mol. The summed E-state index contributed by atoms with van der Waals surface area (Å²) in [5.41, 5.74) is -0.599. The minimum Gasteiger partial charge on any atom is -0.474 e. The van der Waals surface area contributed by atoms with Gasteiger partial charge in [-0.3, -0.25) is 4.79 Å². The summed E-state index contributed by atoms with van der Waals surface area (Å²) < 4.78 is 37.3. The third-order valence-corrected chi connectivity index (χ3v) is 6.49. The Labute approximate surface area is 188 Å². The molecule has 1 fully saturated rings. The standard InChI is InChI=1S/C20H30ClN3O6S/c1-20(2,3)30-19(26)22-10-4-5-16(25)14-31(27,28)24-11-8-17(9-12-24)29-18-7-6-15(21)13-23-18/h6-7,13,17H,4-5,8-12,14H2,1-3H3,(H,22,26). The number of hydrogen-bond donors (Lipinski definition) is 1. The smallest absolute Gasteiger partial charge is 0.407 e. The van der Waals surface area contributed by atoms with Gasteiger partial charge >= 0.3 is 6.09 Å². The zero-order valence-corrected chi connectivity index (χ0v) is 19.7. The minimum absolute atomic E-state index is 0.0663. The van der Waals surface area contributed by atoms with Crippen molar-refractivity contribution in [2.24, 2.45) is 0 Å². The van der Waals surface area contributed by atoms with Crippen LogP contribution in [0, 0.1) is 0 Å². The molecular formula is C20H30ClN3O6S. The lowest BCUT2D eigenvalue weighted by Crippen LogP contribution is -2.43. The Balaban J connectivity index is 1.69. The van der Waals surface area contributed by atoms with Gasteiger partial charge < -0.3 is 14.8 Å². The summed E-state index contributed by atoms with van der Waals surface area (Å²) in [7, 11) is -3.68. The topological polar surface area (TPSA) is 115 Å². The number of amides is 1. The van der Waals surface area contributed by atoms with Crippen LogP contribution in [0.2, 0.25) is 5.02 Å². The SMILES string of the molecule is CC(C)(C)OC(=O)NCCCC(=O)CS(=O)(=O)N1CCC(Oc2ccc(Cl)cn2)CC1. The lowest BCUT2D eigenvalue weighted by Gasteiger charge is -2.31. The van der Waals surface area contributed by atoms with Crippen LogP contribution in [-0.2, 0) is 19.6 Å². The summed E-state index contributed by atoms with van der Waals surface area (Å²) in [6.45, 7) is 6.07. The molecule has 1 aromatic heterocycles. The number of alkyl carbamates (subject to hydrolysis) is 1. The van der Waals surface area contributed by atoms with E-state index in [0.717, 1.165) is 0 Å². The second kappa shape index (κ2) is 11.1. The molecule has 1 amide bonds. The molecule has 1 aliphatic rings. The van der Waals surface area contributed by atoms with E-state index >= 15 is 0 Å². The summed E-state index contributed by atoms with van der Waals surface area (Å²) in [6.07, 6.45) is 2.22. The van der Waals surface area contributed by atoms with Crippen molar-refractivity contribution < 1.29 is 27.5 Å². The van der Waals surface area contributed by atoms with Gasteiger partial charge in [-0.05, 0) is 46.1 Å². The van der Waals surface area contributed by atoms with Crippen molar-refractivity contribution >= 4 is 33.5 Å². The third-order valence-electron chi connectivity index (χ3n) is 4.43. The van der Waals surface area contributed by atoms with Gasteiger partial charge in [0.1, 0.15) is 23.2 Å². The van der Waals surface area contributed by atoms with E-state index in [9.17, 15) is 18.0 Å². The molecule has 0 atom stereocenters. The Hall–Kier alpha value is -1.91. The third kappa shape index (κ3) is 9.40. The Bertz CT molecular complexity index is 847. The molecule has 0 unspecified atom stereocenters. The first-order valence-electron chi connectivity index (χ1n) is 10.2. The van der Waals surface area contributed by atoms with Crippen LogP contribution in [0.3, 0.4) is 0 Å². The second-order valence-electron chi connectivity index (χ2n) is 8.36. The number of nitrogens with one attached hydrogen (secondary N) is 1. The Morgan fingerprint density at radius 1 is 1.26 bits per heavy atom. The molecule has 0 spiro atoms. The average molecular weight is 476 g/mol. The lowest BCUT2D eigenvalue weighted by atomic mass is 10.1. The van der Waals surface area contributed by atoms with Gasteiger partial charge in [0.05, 0.1) is 5.02 Å². The van der Waals surface area contributed by atoms with Crippen molar-refractivity contribution in [2.45, 2.75) is 58.2 Å². The Morgan fingerprint density at radius 2 is 1.94 bits per heavy atom. The van der Waals surface area contributed by atoms with E-state index in [-0.39, 0.29) is 37.9 Å². The molecule has 31 heavy (non-hydrogen) atoms. The van der Waals surface area contributed by atoms with Gasteiger partial charge in [-0.15, -0.1) is 0 Å². The first kappa shape index (κ1) is 25.4. The molecule has 0 radical (unpaired) electrons. The molecule has 0 saturated carbocycles. The van der Waals surface area contributed by atoms with Crippen molar-refractivity contribution in [3.05, 3.63) is 23.4 Å². The van der Waals surface area contributed by atoms with Gasteiger partial charge in [-0.25, -0.2) is 22.5 Å². The van der Waals surface area contributed by atoms with E-state index in [1.807, 2.05) is 0 Å². The molecule has 1 aromatic rings. The number of ether oxygens (including phenoxy) is 2. The van der Waals surface area contributed by atoms with E-state index < -0.39 is 27.5 Å². The number of nitrogens with zero attached hydrogens (tertiary/aromatic N) is 2. The first-order chi connectivity index (χ1) is 14.4. The molecule has 11 heteroatoms. The van der Waals surface area contributed by atoms with Crippen molar-refractivity contribution in [3.8, 4) is 5.88 Å². The van der Waals surface area contributed by atoms with Crippen molar-refractivity contribution in [2.75, 3.05) is 25.4 Å². The van der Waals surface area contributed by atoms with E-state index in [4.69, 9.17) is 21.1 Å². The predicted octanol–water partition coefficient (Wildman–Crippen LogP) is 2.78. The molecule has 174 valence electrons. The second-order valence-corrected chi connectivity index (χ2v) is 10.8. The summed E-state index contributed by atoms with van der Waals surface area (Å²) in [5.74, 6) is -0.473. The zero-order valence-electron chi connectivity index (χ0n) is 18.1. The molecule has 9 nitrogen and oxygen atoms in total. The Morgan fingerprint density at radius 3 is 2.52 bits per heavy atom. The number of ketones is 1. The maximum Gasteiger partial charge on any atom is 0.407 e. The number of carbonyl (C=O) groups excluding carboxylic acids is 2. The fraction of sp³-hybridized carbons (Fsp3) is 0.650. The molecule has 0 aliphatic carbocycles. The van der Waals surface area contributed by atoms with E-state index in [1.54, 1.807) is 32.9 Å². The van der Waals surface area contributed by atoms with Crippen LogP contribution < -0.4 is 10.1 Å². The van der Waals surface area contributed by atoms with Crippen LogP contribution in [0.15, 0.2) is 18.3 Å². The number of sulfonamides is 1. The van der Waals surface area contributed by atoms with Crippen LogP contribution in [0.25, 0.3) is 0 Å². The van der Waals surface area contributed by atoms with Crippen molar-refractivity contribution in [1.82, 2.24) is 14.6 Å². The molecule has 0 aromatic carbocycles. The molecule has 1 aliphatic heterocycles. The van der Waals surface area contributed by atoms with Gasteiger partial charge in [0.2, 0.25) is 15.9 Å². The lowest BCUT2D eigenvalue weighted by molar-refractivity contribution is -0.116. The number of hydrogen-bond acceptors (Lipinski definition) is 7. The first-order valence-corrected chi connectivity index (χ1v) is 12.2. The summed E-state index contributed by atoms with van der Waals surface area (Å²) >= 11 is 5.80. The van der Waals surface area contributed by atoms with Crippen LogP contribution in [0.1, 0.15) is 46.5 Å². The zero-order chi connectivity index (χ0) is 23.1. The van der Waals surface area contributed by atoms with Gasteiger partial charge in [0.15, 0.2) is 0 Å². The predicted molar refractivity (Wildman–Crippen MR) is 117 cm³/mol. The van der Waals surface area contributed by atoms with Crippen molar-refractivity contribution in [1.29, 1.82) is 0 Å². The number of Topliss-reactive ketones (excluding diaryl/α,β-unsaturated/α-hetero) is 1. The quantitative estimate of drug-likeness (QED) is 0.546. The molecule has 2 rings (SSSR count). The maximum atomic E-state index is 12.5. The summed E-state index contributed by atoms with van der Waals surface area (Å²) in [5, 5.41) is 3.06. The van der Waals surface area contributed by atoms with E-state index in [2.05, 4.69) is 10.3 Å². The van der Waals surface area contributed by atoms with Crippen LogP contribution in [0.4, 0.5) is 4.79 Å². The highest BCUT2D eigenvalue weighted by molar-refractivity contribution is 7.89. The normalized spacial score (nSPS) is 16.0. The van der Waals surface area contributed by atoms with Gasteiger partial charge in [0.25, 0.3) is 0 Å². The van der Waals surface area contributed by atoms with Crippen LogP contribution in [-0.4, -0.2) is 66.7 Å². The molecule has 2 heterocycles. The van der Waals surface area contributed by atoms with E-state index in [0.29, 0.717) is 30.2 Å². The Kier molecular flexibility index (Phi) is 9.08. The average Bonchev–Trinajstić information content (AvgIpc) is 2.66. The molecule has 0 bridgehead atoms. The van der Waals surface area contributed by atoms with Gasteiger partial charge in [-0.2, -0.15) is 0 Å². The van der Waals surface area contributed by atoms with Gasteiger partial charge in [0, 0.05) is 38.3 Å². The van der Waals surface area contributed by atoms with E-state index in [1.165, 1.54) is 10.5 Å². The number of piperidine rings is 1. The number of halogens is 1. The fourth-order valence-electron chi connectivity index (χ4n) is 2.99. The molecule has 1 N–H and O–H groups in total. The highest BCUT2D eigenvalue weighted by Gasteiger charge is 2.30. The number of pyridine rings is 1. The highest BCUT2D eigenvalue weighted by Crippen LogP contribution is 2.20. The monoisotopic (exact) mass is 475 g/mol. The van der Waals surface area contributed by atoms with Gasteiger partial charge in [-0.1, -0.05) is 11.6 Å². The maximum absolute atomic E-state index is 12.5. The van der Waals surface area contributed by atoms with Crippen LogP contribution >= 0.6 is 11.6 Å². The minimum atomic E-state index is -3.68. The fourth-order valence-corrected chi connectivity index (χ4v) is 4.60. The van der Waals surface area contributed by atoms with Crippen molar-refractivity contribution in [3.63, 3.8) is 0 Å². The number of carbonyl (C=O) groups is 2. The molecule has 1 saturated heterocycles. The number of aromatic nitrogens is 1. The number of rotatable bonds is 9.